The normalized spacial score (nSPS) is 16.1. The fourth-order valence-electron chi connectivity index (χ4n) is 3.56. The highest BCUT2D eigenvalue weighted by Gasteiger charge is 2.30. The van der Waals surface area contributed by atoms with Gasteiger partial charge in [0.25, 0.3) is 5.92 Å². The molecular formula is C23H21F3N4O2. The molecular weight excluding hydrogens is 421 g/mol. The molecule has 0 aliphatic carbocycles. The van der Waals surface area contributed by atoms with Gasteiger partial charge in [-0.15, -0.1) is 5.10 Å². The molecule has 166 valence electrons. The van der Waals surface area contributed by atoms with Crippen LogP contribution in [0.4, 0.5) is 19.0 Å². The Morgan fingerprint density at radius 2 is 1.97 bits per heavy atom. The molecule has 2 aromatic carbocycles. The molecule has 0 unspecified atom stereocenters. The summed E-state index contributed by atoms with van der Waals surface area (Å²) in [6, 6.07) is 13.0. The van der Waals surface area contributed by atoms with Gasteiger partial charge in [-0.25, -0.2) is 17.9 Å². The minimum atomic E-state index is -2.99. The SMILES string of the molecule is CCC(F)(F)c1cccc(-c2cc(NC(=O)[C@H]3CNC(=O)C3)nn2-c2ccc(F)cc2)c1. The molecule has 0 bridgehead atoms. The summed E-state index contributed by atoms with van der Waals surface area (Å²) in [5.74, 6) is -4.31. The summed E-state index contributed by atoms with van der Waals surface area (Å²) in [6.07, 6.45) is -0.255. The number of alkyl halides is 2. The van der Waals surface area contributed by atoms with Gasteiger partial charge < -0.3 is 10.6 Å². The number of hydrogen-bond acceptors (Lipinski definition) is 3. The molecule has 32 heavy (non-hydrogen) atoms. The molecule has 2 heterocycles. The topological polar surface area (TPSA) is 76.0 Å². The third kappa shape index (κ3) is 4.37. The second-order valence-electron chi connectivity index (χ2n) is 7.64. The highest BCUT2D eigenvalue weighted by molar-refractivity contribution is 5.97. The highest BCUT2D eigenvalue weighted by atomic mass is 19.3. The van der Waals surface area contributed by atoms with Gasteiger partial charge >= 0.3 is 0 Å². The van der Waals surface area contributed by atoms with Crippen molar-refractivity contribution in [2.75, 3.05) is 11.9 Å². The summed E-state index contributed by atoms with van der Waals surface area (Å²) in [7, 11) is 0. The van der Waals surface area contributed by atoms with E-state index in [1.807, 2.05) is 0 Å². The largest absolute Gasteiger partial charge is 0.355 e. The van der Waals surface area contributed by atoms with E-state index in [9.17, 15) is 22.8 Å². The second-order valence-corrected chi connectivity index (χ2v) is 7.64. The number of anilines is 1. The van der Waals surface area contributed by atoms with Gasteiger partial charge in [0.1, 0.15) is 5.82 Å². The zero-order chi connectivity index (χ0) is 22.9. The van der Waals surface area contributed by atoms with Crippen LogP contribution in [0.2, 0.25) is 0 Å². The lowest BCUT2D eigenvalue weighted by Crippen LogP contribution is -2.24. The van der Waals surface area contributed by atoms with Gasteiger partial charge in [0.2, 0.25) is 11.8 Å². The lowest BCUT2D eigenvalue weighted by Gasteiger charge is -2.15. The molecule has 4 rings (SSSR count). The van der Waals surface area contributed by atoms with Crippen LogP contribution in [0.5, 0.6) is 0 Å². The molecule has 0 spiro atoms. The van der Waals surface area contributed by atoms with Gasteiger partial charge in [0.15, 0.2) is 5.82 Å². The fourth-order valence-corrected chi connectivity index (χ4v) is 3.56. The monoisotopic (exact) mass is 442 g/mol. The van der Waals surface area contributed by atoms with Crippen molar-refractivity contribution in [2.24, 2.45) is 5.92 Å². The van der Waals surface area contributed by atoms with Crippen molar-refractivity contribution < 1.29 is 22.8 Å². The molecule has 2 amide bonds. The van der Waals surface area contributed by atoms with Gasteiger partial charge in [-0.1, -0.05) is 25.1 Å². The van der Waals surface area contributed by atoms with Crippen LogP contribution in [0.15, 0.2) is 54.6 Å². The molecule has 1 fully saturated rings. The summed E-state index contributed by atoms with van der Waals surface area (Å²) in [6.45, 7) is 1.65. The quantitative estimate of drug-likeness (QED) is 0.599. The Hall–Kier alpha value is -3.62. The van der Waals surface area contributed by atoms with E-state index in [0.29, 0.717) is 16.9 Å². The number of nitrogens with one attached hydrogen (secondary N) is 2. The van der Waals surface area contributed by atoms with Gasteiger partial charge in [0, 0.05) is 36.6 Å². The summed E-state index contributed by atoms with van der Waals surface area (Å²) in [5.41, 5.74) is 1.27. The Morgan fingerprint density at radius 1 is 1.22 bits per heavy atom. The summed E-state index contributed by atoms with van der Waals surface area (Å²) < 4.78 is 43.4. The van der Waals surface area contributed by atoms with Crippen LogP contribution in [0, 0.1) is 11.7 Å². The number of aromatic nitrogens is 2. The average molecular weight is 442 g/mol. The maximum absolute atomic E-state index is 14.3. The predicted molar refractivity (Wildman–Crippen MR) is 113 cm³/mol. The maximum atomic E-state index is 14.3. The number of nitrogens with zero attached hydrogens (tertiary/aromatic N) is 2. The first-order chi connectivity index (χ1) is 15.3. The Morgan fingerprint density at radius 3 is 2.62 bits per heavy atom. The van der Waals surface area contributed by atoms with E-state index >= 15 is 0 Å². The van der Waals surface area contributed by atoms with Crippen LogP contribution in [-0.2, 0) is 15.5 Å². The van der Waals surface area contributed by atoms with E-state index in [1.54, 1.807) is 12.1 Å². The van der Waals surface area contributed by atoms with Crippen LogP contribution in [-0.4, -0.2) is 28.1 Å². The number of carbonyl (C=O) groups is 2. The Balaban J connectivity index is 1.73. The molecule has 2 N–H and O–H groups in total. The van der Waals surface area contributed by atoms with E-state index in [1.165, 1.54) is 54.1 Å². The first kappa shape index (κ1) is 21.6. The molecule has 3 aromatic rings. The van der Waals surface area contributed by atoms with Gasteiger partial charge in [0.05, 0.1) is 17.3 Å². The van der Waals surface area contributed by atoms with Crippen molar-refractivity contribution in [3.63, 3.8) is 0 Å². The third-order valence-electron chi connectivity index (χ3n) is 5.40. The molecule has 1 aliphatic heterocycles. The minimum absolute atomic E-state index is 0.0888. The van der Waals surface area contributed by atoms with Crippen molar-refractivity contribution in [3.05, 3.63) is 66.0 Å². The zero-order valence-electron chi connectivity index (χ0n) is 17.2. The third-order valence-corrected chi connectivity index (χ3v) is 5.40. The van der Waals surface area contributed by atoms with Crippen molar-refractivity contribution >= 4 is 17.6 Å². The molecule has 0 saturated carbocycles. The van der Waals surface area contributed by atoms with Crippen LogP contribution in [0.3, 0.4) is 0 Å². The predicted octanol–water partition coefficient (Wildman–Crippen LogP) is 4.25. The van der Waals surface area contributed by atoms with Crippen LogP contribution < -0.4 is 10.6 Å². The van der Waals surface area contributed by atoms with E-state index in [4.69, 9.17) is 0 Å². The Labute approximate surface area is 182 Å². The van der Waals surface area contributed by atoms with Gasteiger partial charge in [-0.3, -0.25) is 9.59 Å². The van der Waals surface area contributed by atoms with Crippen LogP contribution in [0.25, 0.3) is 16.9 Å². The molecule has 9 heteroatoms. The van der Waals surface area contributed by atoms with E-state index in [2.05, 4.69) is 15.7 Å². The standard InChI is InChI=1S/C23H21F3N4O2/c1-2-23(25,26)16-5-3-4-14(10-16)19-12-20(28-22(32)15-11-21(31)27-13-15)29-30(19)18-8-6-17(24)7-9-18/h3-10,12,15H,2,11,13H2,1H3,(H,27,31)(H,28,29,32)/t15-/m1/s1. The number of benzene rings is 2. The molecule has 6 nitrogen and oxygen atoms in total. The summed E-state index contributed by atoms with van der Waals surface area (Å²) >= 11 is 0. The molecule has 1 atom stereocenters. The van der Waals surface area contributed by atoms with E-state index in [-0.39, 0.29) is 42.6 Å². The number of hydrogen-bond donors (Lipinski definition) is 2. The summed E-state index contributed by atoms with van der Waals surface area (Å²) in [4.78, 5) is 23.9. The molecule has 1 saturated heterocycles. The van der Waals surface area contributed by atoms with Crippen LogP contribution >= 0.6 is 0 Å². The van der Waals surface area contributed by atoms with Crippen molar-refractivity contribution in [1.82, 2.24) is 15.1 Å². The zero-order valence-corrected chi connectivity index (χ0v) is 17.2. The van der Waals surface area contributed by atoms with E-state index in [0.717, 1.165) is 0 Å². The Kier molecular flexibility index (Phi) is 5.73. The van der Waals surface area contributed by atoms with Crippen molar-refractivity contribution in [1.29, 1.82) is 0 Å². The van der Waals surface area contributed by atoms with Crippen LogP contribution in [0.1, 0.15) is 25.3 Å². The number of halogens is 3. The molecule has 1 aliphatic rings. The van der Waals surface area contributed by atoms with E-state index < -0.39 is 17.7 Å². The van der Waals surface area contributed by atoms with Gasteiger partial charge in [-0.05, 0) is 30.3 Å². The number of rotatable bonds is 6. The number of carbonyl (C=O) groups excluding carboxylic acids is 2. The van der Waals surface area contributed by atoms with Crippen molar-refractivity contribution in [3.8, 4) is 16.9 Å². The maximum Gasteiger partial charge on any atom is 0.273 e. The van der Waals surface area contributed by atoms with Crippen molar-refractivity contribution in [2.45, 2.75) is 25.7 Å². The summed E-state index contributed by atoms with van der Waals surface area (Å²) in [5, 5.41) is 9.69. The van der Waals surface area contributed by atoms with Gasteiger partial charge in [-0.2, -0.15) is 0 Å². The lowest BCUT2D eigenvalue weighted by molar-refractivity contribution is -0.123. The first-order valence-corrected chi connectivity index (χ1v) is 10.2. The minimum Gasteiger partial charge on any atom is -0.355 e. The Bertz CT molecular complexity index is 1160. The smallest absolute Gasteiger partial charge is 0.273 e. The average Bonchev–Trinajstić information content (AvgIpc) is 3.41. The lowest BCUT2D eigenvalue weighted by atomic mass is 10.0. The fraction of sp³-hybridized carbons (Fsp3) is 0.261. The molecule has 1 aromatic heterocycles. The molecule has 0 radical (unpaired) electrons. The first-order valence-electron chi connectivity index (χ1n) is 10.2. The second kappa shape index (κ2) is 8.49. The number of amides is 2. The highest BCUT2D eigenvalue weighted by Crippen LogP contribution is 2.35.